The topological polar surface area (TPSA) is 78.4 Å². The normalized spacial score (nSPS) is 10.3. The standard InChI is InChI=1S/C15H10N2O4/c18-17(19)12-3-7-14(8-4-12)21-13-5-1-11(2-6-13)15-16-9-10-20-15/h1-10H. The van der Waals surface area contributed by atoms with Crippen LogP contribution in [0.25, 0.3) is 11.5 Å². The summed E-state index contributed by atoms with van der Waals surface area (Å²) in [5, 5.41) is 10.6. The summed E-state index contributed by atoms with van der Waals surface area (Å²) in [7, 11) is 0. The first-order valence-electron chi connectivity index (χ1n) is 6.14. The van der Waals surface area contributed by atoms with Crippen molar-refractivity contribution in [2.75, 3.05) is 0 Å². The average Bonchev–Trinajstić information content (AvgIpc) is 3.03. The van der Waals surface area contributed by atoms with Gasteiger partial charge in [-0.1, -0.05) is 0 Å². The molecule has 0 unspecified atom stereocenters. The lowest BCUT2D eigenvalue weighted by Crippen LogP contribution is -1.88. The maximum absolute atomic E-state index is 10.6. The summed E-state index contributed by atoms with van der Waals surface area (Å²) < 4.78 is 10.8. The molecule has 0 bridgehead atoms. The van der Waals surface area contributed by atoms with Crippen LogP contribution in [0.3, 0.4) is 0 Å². The molecule has 104 valence electrons. The first-order chi connectivity index (χ1) is 10.2. The predicted molar refractivity (Wildman–Crippen MR) is 75.1 cm³/mol. The molecule has 0 amide bonds. The molecule has 21 heavy (non-hydrogen) atoms. The summed E-state index contributed by atoms with van der Waals surface area (Å²) in [4.78, 5) is 14.2. The largest absolute Gasteiger partial charge is 0.457 e. The van der Waals surface area contributed by atoms with Gasteiger partial charge < -0.3 is 9.15 Å². The molecular formula is C15H10N2O4. The van der Waals surface area contributed by atoms with Gasteiger partial charge in [0.05, 0.1) is 11.1 Å². The van der Waals surface area contributed by atoms with Crippen LogP contribution in [0.15, 0.2) is 65.4 Å². The van der Waals surface area contributed by atoms with E-state index in [4.69, 9.17) is 9.15 Å². The molecule has 6 heteroatoms. The van der Waals surface area contributed by atoms with Gasteiger partial charge in [0.1, 0.15) is 17.8 Å². The Bertz CT molecular complexity index is 734. The number of rotatable bonds is 4. The number of ether oxygens (including phenoxy) is 1. The van der Waals surface area contributed by atoms with E-state index in [1.807, 2.05) is 12.1 Å². The number of oxazole rings is 1. The second-order valence-electron chi connectivity index (χ2n) is 4.21. The summed E-state index contributed by atoms with van der Waals surface area (Å²) in [6.45, 7) is 0. The third kappa shape index (κ3) is 2.89. The second-order valence-corrected chi connectivity index (χ2v) is 4.21. The molecule has 0 spiro atoms. The third-order valence-electron chi connectivity index (χ3n) is 2.82. The van der Waals surface area contributed by atoms with E-state index in [0.717, 1.165) is 5.56 Å². The number of nitrogens with zero attached hydrogens (tertiary/aromatic N) is 2. The average molecular weight is 282 g/mol. The van der Waals surface area contributed by atoms with Crippen LogP contribution >= 0.6 is 0 Å². The molecule has 1 aromatic heterocycles. The number of nitro groups is 1. The maximum Gasteiger partial charge on any atom is 0.269 e. The summed E-state index contributed by atoms with van der Waals surface area (Å²) in [6, 6.07) is 13.1. The fraction of sp³-hybridized carbons (Fsp3) is 0. The van der Waals surface area contributed by atoms with Gasteiger partial charge in [0.2, 0.25) is 5.89 Å². The number of hydrogen-bond donors (Lipinski definition) is 0. The van der Waals surface area contributed by atoms with Crippen LogP contribution in [0.5, 0.6) is 11.5 Å². The molecule has 0 radical (unpaired) electrons. The van der Waals surface area contributed by atoms with Crippen LogP contribution in [0, 0.1) is 10.1 Å². The van der Waals surface area contributed by atoms with E-state index in [1.165, 1.54) is 18.4 Å². The fourth-order valence-corrected chi connectivity index (χ4v) is 1.80. The van der Waals surface area contributed by atoms with Gasteiger partial charge in [-0.05, 0) is 36.4 Å². The molecule has 0 saturated heterocycles. The van der Waals surface area contributed by atoms with Gasteiger partial charge in [-0.15, -0.1) is 0 Å². The van der Waals surface area contributed by atoms with Gasteiger partial charge in [-0.2, -0.15) is 0 Å². The number of benzene rings is 2. The molecule has 1 heterocycles. The number of hydrogen-bond acceptors (Lipinski definition) is 5. The Labute approximate surface area is 119 Å². The highest BCUT2D eigenvalue weighted by molar-refractivity contribution is 5.54. The molecule has 0 aliphatic heterocycles. The fourth-order valence-electron chi connectivity index (χ4n) is 1.80. The Kier molecular flexibility index (Phi) is 3.34. The van der Waals surface area contributed by atoms with Gasteiger partial charge in [-0.25, -0.2) is 4.98 Å². The lowest BCUT2D eigenvalue weighted by molar-refractivity contribution is -0.384. The molecule has 6 nitrogen and oxygen atoms in total. The highest BCUT2D eigenvalue weighted by Crippen LogP contribution is 2.26. The Morgan fingerprint density at radius 1 is 1.00 bits per heavy atom. The van der Waals surface area contributed by atoms with Crippen LogP contribution in [0.1, 0.15) is 0 Å². The highest BCUT2D eigenvalue weighted by Gasteiger charge is 2.06. The maximum atomic E-state index is 10.6. The molecule has 3 rings (SSSR count). The van der Waals surface area contributed by atoms with Crippen molar-refractivity contribution >= 4 is 5.69 Å². The van der Waals surface area contributed by atoms with Crippen molar-refractivity contribution in [2.45, 2.75) is 0 Å². The van der Waals surface area contributed by atoms with Crippen LogP contribution in [0.4, 0.5) is 5.69 Å². The summed E-state index contributed by atoms with van der Waals surface area (Å²) in [5.74, 6) is 1.69. The Hall–Kier alpha value is -3.15. The van der Waals surface area contributed by atoms with E-state index in [0.29, 0.717) is 17.4 Å². The van der Waals surface area contributed by atoms with Crippen LogP contribution in [-0.4, -0.2) is 9.91 Å². The number of nitro benzene ring substituents is 1. The lowest BCUT2D eigenvalue weighted by atomic mass is 10.2. The number of non-ortho nitro benzene ring substituents is 1. The lowest BCUT2D eigenvalue weighted by Gasteiger charge is -2.05. The molecule has 0 atom stereocenters. The van der Waals surface area contributed by atoms with Crippen molar-refractivity contribution in [3.63, 3.8) is 0 Å². The zero-order valence-corrected chi connectivity index (χ0v) is 10.8. The van der Waals surface area contributed by atoms with Crippen molar-refractivity contribution in [1.82, 2.24) is 4.98 Å². The van der Waals surface area contributed by atoms with Crippen LogP contribution in [-0.2, 0) is 0 Å². The SMILES string of the molecule is O=[N+]([O-])c1ccc(Oc2ccc(-c3ncco3)cc2)cc1. The van der Waals surface area contributed by atoms with Crippen molar-refractivity contribution < 1.29 is 14.1 Å². The van der Waals surface area contributed by atoms with Gasteiger partial charge in [0.25, 0.3) is 5.69 Å². The summed E-state index contributed by atoms with van der Waals surface area (Å²) >= 11 is 0. The Morgan fingerprint density at radius 3 is 2.14 bits per heavy atom. The van der Waals surface area contributed by atoms with Gasteiger partial charge in [-0.3, -0.25) is 10.1 Å². The van der Waals surface area contributed by atoms with E-state index >= 15 is 0 Å². The smallest absolute Gasteiger partial charge is 0.269 e. The van der Waals surface area contributed by atoms with Crippen molar-refractivity contribution in [2.24, 2.45) is 0 Å². The zero-order chi connectivity index (χ0) is 14.7. The molecule has 0 aliphatic carbocycles. The highest BCUT2D eigenvalue weighted by atomic mass is 16.6. The molecule has 2 aromatic carbocycles. The van der Waals surface area contributed by atoms with Crippen molar-refractivity contribution in [3.8, 4) is 23.0 Å². The summed E-state index contributed by atoms with van der Waals surface area (Å²) in [6.07, 6.45) is 3.09. The van der Waals surface area contributed by atoms with E-state index in [9.17, 15) is 10.1 Å². The minimum absolute atomic E-state index is 0.0293. The van der Waals surface area contributed by atoms with Gasteiger partial charge in [0, 0.05) is 17.7 Å². The molecule has 0 aliphatic rings. The van der Waals surface area contributed by atoms with Gasteiger partial charge in [0.15, 0.2) is 0 Å². The third-order valence-corrected chi connectivity index (χ3v) is 2.82. The van der Waals surface area contributed by atoms with Crippen molar-refractivity contribution in [1.29, 1.82) is 0 Å². The van der Waals surface area contributed by atoms with Crippen LogP contribution in [0.2, 0.25) is 0 Å². The van der Waals surface area contributed by atoms with Crippen LogP contribution < -0.4 is 4.74 Å². The quantitative estimate of drug-likeness (QED) is 0.533. The summed E-state index contributed by atoms with van der Waals surface area (Å²) in [5.41, 5.74) is 0.873. The van der Waals surface area contributed by atoms with E-state index < -0.39 is 4.92 Å². The molecule has 3 aromatic rings. The predicted octanol–water partition coefficient (Wildman–Crippen LogP) is 4.04. The molecule has 0 N–H and O–H groups in total. The monoisotopic (exact) mass is 282 g/mol. The van der Waals surface area contributed by atoms with Gasteiger partial charge >= 0.3 is 0 Å². The minimum Gasteiger partial charge on any atom is -0.457 e. The molecular weight excluding hydrogens is 272 g/mol. The Balaban J connectivity index is 1.74. The van der Waals surface area contributed by atoms with E-state index in [-0.39, 0.29) is 5.69 Å². The Morgan fingerprint density at radius 2 is 1.62 bits per heavy atom. The molecule has 0 fully saturated rings. The first kappa shape index (κ1) is 12.9. The first-order valence-corrected chi connectivity index (χ1v) is 6.14. The molecule has 0 saturated carbocycles. The van der Waals surface area contributed by atoms with Crippen molar-refractivity contribution in [3.05, 3.63) is 71.1 Å². The number of aromatic nitrogens is 1. The van der Waals surface area contributed by atoms with E-state index in [1.54, 1.807) is 30.5 Å². The minimum atomic E-state index is -0.449. The van der Waals surface area contributed by atoms with E-state index in [2.05, 4.69) is 4.98 Å². The second kappa shape index (κ2) is 5.46. The zero-order valence-electron chi connectivity index (χ0n) is 10.8.